The van der Waals surface area contributed by atoms with Crippen LogP contribution >= 0.6 is 11.6 Å². The van der Waals surface area contributed by atoms with Gasteiger partial charge in [-0.1, -0.05) is 49.0 Å². The molecule has 1 amide bonds. The van der Waals surface area contributed by atoms with Gasteiger partial charge in [0.15, 0.2) is 0 Å². The molecular weight excluding hydrogens is 936 g/mol. The average Bonchev–Trinajstić information content (AvgIpc) is 3.80. The Labute approximate surface area is 410 Å². The maximum Gasteiger partial charge on any atom is 0.277 e. The minimum atomic E-state index is -4.64. The van der Waals surface area contributed by atoms with Crippen molar-refractivity contribution in [2.45, 2.75) is 57.8 Å². The van der Waals surface area contributed by atoms with E-state index in [0.717, 1.165) is 118 Å². The van der Waals surface area contributed by atoms with E-state index < -0.39 is 35.2 Å². The molecule has 15 nitrogen and oxygen atoms in total. The summed E-state index contributed by atoms with van der Waals surface area (Å²) in [6, 6.07) is 19.2. The molecule has 2 aromatic heterocycles. The van der Waals surface area contributed by atoms with E-state index in [4.69, 9.17) is 25.4 Å². The molecular formula is C51H61ClN8O7S2. The maximum atomic E-state index is 14.1. The summed E-state index contributed by atoms with van der Waals surface area (Å²) in [6.45, 7) is 14.4. The highest BCUT2D eigenvalue weighted by molar-refractivity contribution is 8.02. The molecule has 0 radical (unpaired) electrons. The molecule has 5 aromatic rings. The molecule has 0 saturated carbocycles. The Morgan fingerprint density at radius 2 is 1.83 bits per heavy atom. The summed E-state index contributed by atoms with van der Waals surface area (Å²) >= 11 is 6.26. The van der Waals surface area contributed by atoms with E-state index in [1.165, 1.54) is 29.0 Å². The first-order chi connectivity index (χ1) is 33.0. The second-order valence-electron chi connectivity index (χ2n) is 19.5. The molecule has 18 heteroatoms. The second-order valence-corrected chi connectivity index (χ2v) is 24.7. The van der Waals surface area contributed by atoms with Gasteiger partial charge in [-0.25, -0.2) is 18.1 Å². The predicted molar refractivity (Wildman–Crippen MR) is 276 cm³/mol. The zero-order valence-corrected chi connectivity index (χ0v) is 41.9. The number of carbonyl (C=O) groups is 1. The quantitative estimate of drug-likeness (QED) is 0.0618. The number of anilines is 1. The number of pyridine rings is 1. The van der Waals surface area contributed by atoms with Crippen molar-refractivity contribution in [1.82, 2.24) is 24.5 Å². The van der Waals surface area contributed by atoms with Crippen LogP contribution in [0.4, 0.5) is 11.4 Å². The van der Waals surface area contributed by atoms with Gasteiger partial charge in [0, 0.05) is 104 Å². The SMILES string of the molecule is C=S1(=NCC)CCN(CC[C@@H]2COc3cc(S(=O)(=O)NC(=O)c4ccc(N5CCN(CC6=C(c7ccc(Cl)cc7)CC(C)(C)CC6)CC5)cc4Oc4cnc5[nH]ccc5c4)cc([N+](=O)[O-])c3C2)CC1. The van der Waals surface area contributed by atoms with E-state index >= 15 is 0 Å². The largest absolute Gasteiger partial charge is 0.493 e. The molecule has 69 heavy (non-hydrogen) atoms. The molecule has 2 N–H and O–H groups in total. The van der Waals surface area contributed by atoms with Crippen LogP contribution in [0.3, 0.4) is 0 Å². The number of hydrogen-bond donors (Lipinski definition) is 2. The summed E-state index contributed by atoms with van der Waals surface area (Å²) in [4.78, 5) is 40.2. The highest BCUT2D eigenvalue weighted by Crippen LogP contribution is 2.44. The summed E-state index contributed by atoms with van der Waals surface area (Å²) in [5, 5.41) is 14.0. The number of sulfonamides is 1. The van der Waals surface area contributed by atoms with Gasteiger partial charge in [0.1, 0.15) is 22.9 Å². The van der Waals surface area contributed by atoms with Gasteiger partial charge in [0.2, 0.25) is 0 Å². The van der Waals surface area contributed by atoms with Gasteiger partial charge in [-0.2, -0.15) is 0 Å². The summed E-state index contributed by atoms with van der Waals surface area (Å²) in [7, 11) is -5.80. The molecule has 3 aromatic carbocycles. The molecule has 3 aliphatic heterocycles. The van der Waals surface area contributed by atoms with Crippen LogP contribution in [0.2, 0.25) is 5.02 Å². The fraction of sp³-hybridized carbons (Fsp3) is 0.431. The Bertz CT molecular complexity index is 3020. The van der Waals surface area contributed by atoms with Crippen molar-refractivity contribution in [2.75, 3.05) is 81.9 Å². The lowest BCUT2D eigenvalue weighted by molar-refractivity contribution is -0.386. The normalized spacial score (nSPS) is 19.7. The van der Waals surface area contributed by atoms with E-state index in [1.54, 1.807) is 30.5 Å². The Hall–Kier alpha value is -5.46. The number of aromatic nitrogens is 2. The minimum Gasteiger partial charge on any atom is -0.493 e. The number of carbonyl (C=O) groups excluding carboxylic acids is 1. The number of hydrogen-bond acceptors (Lipinski definition) is 12. The number of amides is 1. The van der Waals surface area contributed by atoms with Crippen LogP contribution in [0.25, 0.3) is 16.6 Å². The minimum absolute atomic E-state index is 0.0110. The molecule has 2 saturated heterocycles. The van der Waals surface area contributed by atoms with Crippen molar-refractivity contribution >= 4 is 70.8 Å². The molecule has 366 valence electrons. The van der Waals surface area contributed by atoms with Gasteiger partial charge in [0.25, 0.3) is 21.6 Å². The number of nitro groups is 1. The van der Waals surface area contributed by atoms with Crippen LogP contribution < -0.4 is 19.1 Å². The van der Waals surface area contributed by atoms with Crippen LogP contribution in [-0.4, -0.2) is 122 Å². The number of rotatable bonds is 14. The number of H-pyrrole nitrogens is 1. The van der Waals surface area contributed by atoms with Crippen LogP contribution in [0.5, 0.6) is 17.2 Å². The number of nitro benzene ring substituents is 1. The van der Waals surface area contributed by atoms with Crippen molar-refractivity contribution in [1.29, 1.82) is 0 Å². The summed E-state index contributed by atoms with van der Waals surface area (Å²) in [5.74, 6) is 5.99. The third-order valence-electron chi connectivity index (χ3n) is 14.0. The monoisotopic (exact) mass is 996 g/mol. The number of benzene rings is 3. The number of halogens is 1. The zero-order chi connectivity index (χ0) is 48.5. The summed E-state index contributed by atoms with van der Waals surface area (Å²) in [5.41, 5.74) is 5.73. The molecule has 2 fully saturated rings. The molecule has 0 bridgehead atoms. The van der Waals surface area contributed by atoms with Gasteiger partial charge < -0.3 is 24.3 Å². The molecule has 5 heterocycles. The van der Waals surface area contributed by atoms with Gasteiger partial charge in [-0.3, -0.25) is 24.2 Å². The number of fused-ring (bicyclic) bond motifs is 2. The van der Waals surface area contributed by atoms with E-state index in [9.17, 15) is 23.3 Å². The third kappa shape index (κ3) is 11.3. The summed E-state index contributed by atoms with van der Waals surface area (Å²) in [6.07, 6.45) is 7.63. The van der Waals surface area contributed by atoms with Crippen LogP contribution in [0.1, 0.15) is 67.9 Å². The van der Waals surface area contributed by atoms with Crippen molar-refractivity contribution in [3.05, 3.63) is 117 Å². The van der Waals surface area contributed by atoms with Crippen molar-refractivity contribution in [3.63, 3.8) is 0 Å². The highest BCUT2D eigenvalue weighted by atomic mass is 35.5. The van der Waals surface area contributed by atoms with Crippen molar-refractivity contribution in [2.24, 2.45) is 15.7 Å². The first-order valence-corrected chi connectivity index (χ1v) is 27.7. The number of piperazine rings is 1. The molecule has 1 atom stereocenters. The first-order valence-electron chi connectivity index (χ1n) is 23.8. The second kappa shape index (κ2) is 20.1. The highest BCUT2D eigenvalue weighted by Gasteiger charge is 2.34. The van der Waals surface area contributed by atoms with E-state index in [-0.39, 0.29) is 40.7 Å². The number of nitrogens with zero attached hydrogens (tertiary/aromatic N) is 6. The molecule has 4 aliphatic rings. The van der Waals surface area contributed by atoms with Crippen molar-refractivity contribution in [3.8, 4) is 17.2 Å². The number of aromatic amines is 1. The average molecular weight is 998 g/mol. The molecule has 1 aliphatic carbocycles. The van der Waals surface area contributed by atoms with Crippen LogP contribution in [-0.2, 0) is 25.9 Å². The van der Waals surface area contributed by atoms with E-state index in [2.05, 4.69) is 68.2 Å². The topological polar surface area (TPSA) is 176 Å². The molecule has 0 unspecified atom stereocenters. The van der Waals surface area contributed by atoms with Crippen LogP contribution in [0.15, 0.2) is 94.0 Å². The number of ether oxygens (including phenoxy) is 2. The standard InChI is InChI=1S/C51H61ClN8O7S2/c1-5-55-68(4)24-22-57(23-25-68)17-14-35-26-44-46(60(62)63)29-42(30-47(44)66-34-35)69(64,65)56-50(61)43-11-10-40(28-48(43)67-41-27-37-13-16-53-49(37)54-32-41)59-20-18-58(19-21-59)33-38-12-15-51(2,3)31-45(38)36-6-8-39(52)9-7-36/h6-11,13,16,27-30,32,35H,4-5,12,14-15,17-26,31,33-34H2,1-3H3,(H,53,54)(H,56,61)/t35-/m0/s1. The summed E-state index contributed by atoms with van der Waals surface area (Å²) < 4.78 is 47.4. The lowest BCUT2D eigenvalue weighted by Crippen LogP contribution is -2.47. The lowest BCUT2D eigenvalue weighted by atomic mass is 9.72. The Morgan fingerprint density at radius 1 is 1.06 bits per heavy atom. The Balaban J connectivity index is 0.908. The maximum absolute atomic E-state index is 14.1. The Morgan fingerprint density at radius 3 is 2.57 bits per heavy atom. The number of allylic oxidation sites excluding steroid dienone is 1. The number of nitrogens with one attached hydrogen (secondary N) is 2. The lowest BCUT2D eigenvalue weighted by Gasteiger charge is -2.39. The fourth-order valence-corrected chi connectivity index (χ4v) is 13.4. The van der Waals surface area contributed by atoms with E-state index in [1.807, 2.05) is 18.2 Å². The van der Waals surface area contributed by atoms with Gasteiger partial charge in [0.05, 0.1) is 33.7 Å². The first kappa shape index (κ1) is 48.6. The molecule has 0 spiro atoms. The van der Waals surface area contributed by atoms with Gasteiger partial charge in [-0.15, -0.1) is 9.41 Å². The zero-order valence-electron chi connectivity index (χ0n) is 39.5. The van der Waals surface area contributed by atoms with Gasteiger partial charge in [-0.05, 0) is 104 Å². The van der Waals surface area contributed by atoms with E-state index in [0.29, 0.717) is 23.4 Å². The van der Waals surface area contributed by atoms with Crippen LogP contribution in [0, 0.1) is 21.4 Å². The Kier molecular flexibility index (Phi) is 14.1. The predicted octanol–water partition coefficient (Wildman–Crippen LogP) is 8.87. The molecule has 9 rings (SSSR count). The third-order valence-corrected chi connectivity index (χ3v) is 18.3. The fourth-order valence-electron chi connectivity index (χ4n) is 10.0. The van der Waals surface area contributed by atoms with Crippen molar-refractivity contribution < 1.29 is 27.6 Å². The van der Waals surface area contributed by atoms with Gasteiger partial charge >= 0.3 is 0 Å². The smallest absolute Gasteiger partial charge is 0.277 e.